The quantitative estimate of drug-likeness (QED) is 0.826. The van der Waals surface area contributed by atoms with E-state index in [-0.39, 0.29) is 10.5 Å². The molecule has 1 rings (SSSR count). The lowest BCUT2D eigenvalue weighted by Gasteiger charge is -2.25. The van der Waals surface area contributed by atoms with E-state index in [0.29, 0.717) is 10.8 Å². The molecule has 2 nitrogen and oxygen atoms in total. The molecule has 0 spiro atoms. The average molecular weight is 286 g/mol. The van der Waals surface area contributed by atoms with E-state index in [2.05, 4.69) is 13.8 Å². The summed E-state index contributed by atoms with van der Waals surface area (Å²) in [5.41, 5.74) is 1.08. The van der Waals surface area contributed by atoms with Gasteiger partial charge in [0.1, 0.15) is 4.58 Å². The van der Waals surface area contributed by atoms with Gasteiger partial charge in [0.15, 0.2) is 9.84 Å². The molecule has 0 aliphatic heterocycles. The zero-order valence-corrected chi connectivity index (χ0v) is 13.3. The summed E-state index contributed by atoms with van der Waals surface area (Å²) in [6.45, 7) is 8.11. The monoisotopic (exact) mass is 286 g/mol. The molecule has 0 aliphatic rings. The van der Waals surface area contributed by atoms with Crippen molar-refractivity contribution >= 4 is 21.6 Å². The smallest absolute Gasteiger partial charge is 0.190 e. The van der Waals surface area contributed by atoms with Gasteiger partial charge in [0.2, 0.25) is 0 Å². The fourth-order valence-electron chi connectivity index (χ4n) is 1.80. The van der Waals surface area contributed by atoms with Crippen LogP contribution >= 0.6 is 11.8 Å². The van der Waals surface area contributed by atoms with Crippen molar-refractivity contribution in [3.05, 3.63) is 29.8 Å². The van der Waals surface area contributed by atoms with Gasteiger partial charge in [-0.1, -0.05) is 38.5 Å². The maximum absolute atomic E-state index is 12.6. The van der Waals surface area contributed by atoms with E-state index in [9.17, 15) is 8.42 Å². The van der Waals surface area contributed by atoms with Crippen molar-refractivity contribution in [3.8, 4) is 0 Å². The van der Waals surface area contributed by atoms with Gasteiger partial charge < -0.3 is 0 Å². The Balaban J connectivity index is 3.15. The van der Waals surface area contributed by atoms with Gasteiger partial charge in [-0.15, -0.1) is 11.8 Å². The first-order valence-corrected chi connectivity index (χ1v) is 8.97. The summed E-state index contributed by atoms with van der Waals surface area (Å²) in [4.78, 5) is 0.431. The molecule has 0 saturated heterocycles. The lowest BCUT2D eigenvalue weighted by Crippen LogP contribution is -2.28. The lowest BCUT2D eigenvalue weighted by molar-refractivity contribution is 0.438. The molecule has 18 heavy (non-hydrogen) atoms. The predicted molar refractivity (Wildman–Crippen MR) is 79.7 cm³/mol. The number of hydrogen-bond acceptors (Lipinski definition) is 3. The molecule has 0 aromatic heterocycles. The van der Waals surface area contributed by atoms with Gasteiger partial charge in [-0.05, 0) is 37.1 Å². The fraction of sp³-hybridized carbons (Fsp3) is 0.571. The molecule has 0 heterocycles. The van der Waals surface area contributed by atoms with Crippen LogP contribution in [0.2, 0.25) is 0 Å². The van der Waals surface area contributed by atoms with Crippen LogP contribution in [0.3, 0.4) is 0 Å². The molecule has 0 fully saturated rings. The van der Waals surface area contributed by atoms with Crippen molar-refractivity contribution < 1.29 is 8.42 Å². The maximum atomic E-state index is 12.6. The largest absolute Gasteiger partial charge is 0.223 e. The van der Waals surface area contributed by atoms with Crippen LogP contribution < -0.4 is 0 Å². The molecule has 4 heteroatoms. The van der Waals surface area contributed by atoms with Crippen LogP contribution in [-0.4, -0.2) is 19.3 Å². The molecular weight excluding hydrogens is 264 g/mol. The molecule has 0 aliphatic carbocycles. The van der Waals surface area contributed by atoms with Crippen molar-refractivity contribution in [3.63, 3.8) is 0 Å². The van der Waals surface area contributed by atoms with Crippen LogP contribution in [-0.2, 0) is 9.84 Å². The van der Waals surface area contributed by atoms with E-state index in [4.69, 9.17) is 0 Å². The average Bonchev–Trinajstić information content (AvgIpc) is 2.29. The Bertz CT molecular complexity index is 475. The summed E-state index contributed by atoms with van der Waals surface area (Å²) in [6.07, 6.45) is 1.87. The first-order chi connectivity index (χ1) is 8.30. The Kier molecular flexibility index (Phi) is 5.29. The Morgan fingerprint density at radius 3 is 1.94 bits per heavy atom. The number of rotatable bonds is 5. The molecule has 0 bridgehead atoms. The van der Waals surface area contributed by atoms with E-state index in [0.717, 1.165) is 5.56 Å². The molecule has 0 radical (unpaired) electrons. The highest BCUT2D eigenvalue weighted by Gasteiger charge is 2.32. The van der Waals surface area contributed by atoms with E-state index in [1.54, 1.807) is 12.1 Å². The minimum Gasteiger partial charge on any atom is -0.223 e. The van der Waals surface area contributed by atoms with Gasteiger partial charge >= 0.3 is 0 Å². The molecule has 1 aromatic carbocycles. The summed E-state index contributed by atoms with van der Waals surface area (Å²) in [6, 6.07) is 7.12. The standard InChI is InChI=1S/C14H22O2S2/c1-10(2)12(4)14(17-5)18(15,16)13-8-6-11(3)7-9-13/h6-10,12,14H,1-5H3/t12-,14-/m1/s1. The molecule has 0 amide bonds. The molecule has 1 aromatic rings. The van der Waals surface area contributed by atoms with Gasteiger partial charge in [0.05, 0.1) is 4.90 Å². The second-order valence-corrected chi connectivity index (χ2v) is 8.41. The molecule has 0 unspecified atom stereocenters. The highest BCUT2D eigenvalue weighted by atomic mass is 32.3. The zero-order chi connectivity index (χ0) is 13.9. The van der Waals surface area contributed by atoms with Crippen molar-refractivity contribution in [2.75, 3.05) is 6.26 Å². The van der Waals surface area contributed by atoms with Gasteiger partial charge in [0.25, 0.3) is 0 Å². The summed E-state index contributed by atoms with van der Waals surface area (Å²) >= 11 is 1.42. The summed E-state index contributed by atoms with van der Waals surface area (Å²) in [5, 5.41) is 0. The van der Waals surface area contributed by atoms with Crippen LogP contribution in [0.1, 0.15) is 26.3 Å². The van der Waals surface area contributed by atoms with Gasteiger partial charge in [0, 0.05) is 0 Å². The fourth-order valence-corrected chi connectivity index (χ4v) is 5.55. The number of aryl methyl sites for hydroxylation is 1. The number of benzene rings is 1. The third-order valence-corrected chi connectivity index (χ3v) is 7.57. The van der Waals surface area contributed by atoms with Gasteiger partial charge in [-0.25, -0.2) is 8.42 Å². The molecule has 0 saturated carbocycles. The Hall–Kier alpha value is -0.480. The first kappa shape index (κ1) is 15.6. The van der Waals surface area contributed by atoms with Gasteiger partial charge in [-0.2, -0.15) is 0 Å². The first-order valence-electron chi connectivity index (χ1n) is 6.14. The van der Waals surface area contributed by atoms with E-state index in [1.807, 2.05) is 32.2 Å². The van der Waals surface area contributed by atoms with Crippen LogP contribution in [0.4, 0.5) is 0 Å². The summed E-state index contributed by atoms with van der Waals surface area (Å²) in [5.74, 6) is 0.481. The molecule has 2 atom stereocenters. The Labute approximate surface area is 115 Å². The summed E-state index contributed by atoms with van der Waals surface area (Å²) in [7, 11) is -3.25. The van der Waals surface area contributed by atoms with Crippen LogP contribution in [0.5, 0.6) is 0 Å². The van der Waals surface area contributed by atoms with Crippen molar-refractivity contribution in [1.29, 1.82) is 0 Å². The van der Waals surface area contributed by atoms with E-state index < -0.39 is 9.84 Å². The lowest BCUT2D eigenvalue weighted by atomic mass is 10.0. The maximum Gasteiger partial charge on any atom is 0.190 e. The summed E-state index contributed by atoms with van der Waals surface area (Å²) < 4.78 is 24.8. The second-order valence-electron chi connectivity index (χ2n) is 5.07. The minimum absolute atomic E-state index is 0.131. The predicted octanol–water partition coefficient (Wildman–Crippen LogP) is 3.75. The molecule has 0 N–H and O–H groups in total. The van der Waals surface area contributed by atoms with Crippen LogP contribution in [0.15, 0.2) is 29.2 Å². The van der Waals surface area contributed by atoms with Crippen LogP contribution in [0, 0.1) is 18.8 Å². The highest BCUT2D eigenvalue weighted by Crippen LogP contribution is 2.32. The van der Waals surface area contributed by atoms with Crippen molar-refractivity contribution in [1.82, 2.24) is 0 Å². The van der Waals surface area contributed by atoms with E-state index in [1.165, 1.54) is 11.8 Å². The van der Waals surface area contributed by atoms with Crippen molar-refractivity contribution in [2.45, 2.75) is 37.2 Å². The normalized spacial score (nSPS) is 15.7. The van der Waals surface area contributed by atoms with E-state index >= 15 is 0 Å². The Morgan fingerprint density at radius 1 is 1.06 bits per heavy atom. The second kappa shape index (κ2) is 6.11. The number of hydrogen-bond donors (Lipinski definition) is 0. The van der Waals surface area contributed by atoms with Crippen LogP contribution in [0.25, 0.3) is 0 Å². The third-order valence-electron chi connectivity index (χ3n) is 3.37. The Morgan fingerprint density at radius 2 is 1.56 bits per heavy atom. The number of thioether (sulfide) groups is 1. The highest BCUT2D eigenvalue weighted by molar-refractivity contribution is 8.13. The van der Waals surface area contributed by atoms with Gasteiger partial charge in [-0.3, -0.25) is 0 Å². The SMILES string of the molecule is CS[C@@H]([C@H](C)C(C)C)S(=O)(=O)c1ccc(C)cc1. The zero-order valence-electron chi connectivity index (χ0n) is 11.7. The molecule has 102 valence electrons. The topological polar surface area (TPSA) is 34.1 Å². The third kappa shape index (κ3) is 3.29. The van der Waals surface area contributed by atoms with Crippen molar-refractivity contribution in [2.24, 2.45) is 11.8 Å². The molecular formula is C14H22O2S2. The minimum atomic E-state index is -3.25. The number of sulfone groups is 1.